The number of benzene rings is 2. The van der Waals surface area contributed by atoms with E-state index < -0.39 is 10.0 Å². The summed E-state index contributed by atoms with van der Waals surface area (Å²) in [5.41, 5.74) is 3.23. The van der Waals surface area contributed by atoms with Gasteiger partial charge in [0.25, 0.3) is 10.0 Å². The van der Waals surface area contributed by atoms with Crippen LogP contribution in [0.25, 0.3) is 5.57 Å². The van der Waals surface area contributed by atoms with Crippen molar-refractivity contribution in [2.24, 2.45) is 5.92 Å². The zero-order valence-corrected chi connectivity index (χ0v) is 15.6. The Morgan fingerprint density at radius 2 is 1.77 bits per heavy atom. The molecular weight excluding hydrogens is 344 g/mol. The van der Waals surface area contributed by atoms with Gasteiger partial charge < -0.3 is 0 Å². The van der Waals surface area contributed by atoms with Crippen LogP contribution in [0, 0.1) is 24.2 Å². The third kappa shape index (κ3) is 3.97. The van der Waals surface area contributed by atoms with E-state index in [1.807, 2.05) is 19.1 Å². The van der Waals surface area contributed by atoms with E-state index in [4.69, 9.17) is 0 Å². The molecule has 1 fully saturated rings. The summed E-state index contributed by atoms with van der Waals surface area (Å²) in [7, 11) is -3.68. The van der Waals surface area contributed by atoms with E-state index in [2.05, 4.69) is 10.8 Å². The van der Waals surface area contributed by atoms with Gasteiger partial charge in [0.15, 0.2) is 0 Å². The topological polar surface area (TPSA) is 70.0 Å². The van der Waals surface area contributed by atoms with Crippen LogP contribution in [0.2, 0.25) is 0 Å². The van der Waals surface area contributed by atoms with Crippen LogP contribution in [-0.4, -0.2) is 8.42 Å². The Morgan fingerprint density at radius 1 is 1.12 bits per heavy atom. The first-order chi connectivity index (χ1) is 12.5. The Bertz CT molecular complexity index is 948. The molecule has 0 unspecified atom stereocenters. The van der Waals surface area contributed by atoms with Gasteiger partial charge in [-0.05, 0) is 49.5 Å². The lowest BCUT2D eigenvalue weighted by Gasteiger charge is -2.18. The Labute approximate surface area is 155 Å². The molecular formula is C21H22N2O2S. The normalized spacial score (nSPS) is 15.6. The number of nitriles is 1. The molecule has 2 aromatic rings. The number of aryl methyl sites for hydroxylation is 1. The summed E-state index contributed by atoms with van der Waals surface area (Å²) < 4.78 is 28.2. The van der Waals surface area contributed by atoms with Crippen LogP contribution in [0.5, 0.6) is 0 Å². The standard InChI is InChI=1S/C21H22N2O2S/c1-16-10-12-18(13-11-16)26(24,25)23-21-9-5-4-8-20(21)19(14-15-22)17-6-2-3-7-17/h4-5,8-14,17,23H,2-3,6-7H2,1H3/b19-14+. The monoisotopic (exact) mass is 366 g/mol. The molecule has 0 bridgehead atoms. The van der Waals surface area contributed by atoms with Crippen LogP contribution >= 0.6 is 0 Å². The van der Waals surface area contributed by atoms with Gasteiger partial charge >= 0.3 is 0 Å². The predicted molar refractivity (Wildman–Crippen MR) is 104 cm³/mol. The SMILES string of the molecule is Cc1ccc(S(=O)(=O)Nc2ccccc2/C(=C/C#N)C2CCCC2)cc1. The summed E-state index contributed by atoms with van der Waals surface area (Å²) in [4.78, 5) is 0.226. The second-order valence-electron chi connectivity index (χ2n) is 6.67. The van der Waals surface area contributed by atoms with Crippen LogP contribution in [0.1, 0.15) is 36.8 Å². The minimum Gasteiger partial charge on any atom is -0.279 e. The van der Waals surface area contributed by atoms with E-state index in [1.54, 1.807) is 42.5 Å². The van der Waals surface area contributed by atoms with E-state index in [9.17, 15) is 13.7 Å². The smallest absolute Gasteiger partial charge is 0.261 e. The molecule has 26 heavy (non-hydrogen) atoms. The molecule has 0 aromatic heterocycles. The van der Waals surface area contributed by atoms with Crippen molar-refractivity contribution in [1.82, 2.24) is 0 Å². The summed E-state index contributed by atoms with van der Waals surface area (Å²) >= 11 is 0. The molecule has 4 nitrogen and oxygen atoms in total. The van der Waals surface area contributed by atoms with Crippen LogP contribution in [0.15, 0.2) is 59.5 Å². The zero-order chi connectivity index (χ0) is 18.6. The summed E-state index contributed by atoms with van der Waals surface area (Å²) in [5.74, 6) is 0.305. The summed E-state index contributed by atoms with van der Waals surface area (Å²) in [5, 5.41) is 9.22. The number of para-hydroxylation sites is 1. The van der Waals surface area contributed by atoms with Gasteiger partial charge in [-0.25, -0.2) is 8.42 Å². The Morgan fingerprint density at radius 3 is 2.42 bits per heavy atom. The Hall–Kier alpha value is -2.58. The van der Waals surface area contributed by atoms with Crippen molar-refractivity contribution in [3.05, 3.63) is 65.7 Å². The molecule has 1 saturated carbocycles. The van der Waals surface area contributed by atoms with Crippen molar-refractivity contribution < 1.29 is 8.42 Å². The molecule has 5 heteroatoms. The first-order valence-electron chi connectivity index (χ1n) is 8.80. The fraction of sp³-hybridized carbons (Fsp3) is 0.286. The second kappa shape index (κ2) is 7.76. The van der Waals surface area contributed by atoms with Gasteiger partial charge in [0, 0.05) is 11.6 Å². The van der Waals surface area contributed by atoms with Crippen molar-refractivity contribution in [3.8, 4) is 6.07 Å². The molecule has 0 aliphatic heterocycles. The van der Waals surface area contributed by atoms with E-state index in [1.165, 1.54) is 0 Å². The van der Waals surface area contributed by atoms with Crippen molar-refractivity contribution in [3.63, 3.8) is 0 Å². The molecule has 2 aromatic carbocycles. The number of hydrogen-bond donors (Lipinski definition) is 1. The van der Waals surface area contributed by atoms with E-state index in [0.29, 0.717) is 11.6 Å². The van der Waals surface area contributed by atoms with Crippen molar-refractivity contribution >= 4 is 21.3 Å². The highest BCUT2D eigenvalue weighted by molar-refractivity contribution is 7.92. The number of rotatable bonds is 5. The molecule has 0 radical (unpaired) electrons. The Kier molecular flexibility index (Phi) is 5.43. The van der Waals surface area contributed by atoms with E-state index in [-0.39, 0.29) is 4.90 Å². The largest absolute Gasteiger partial charge is 0.279 e. The Balaban J connectivity index is 1.98. The molecule has 0 atom stereocenters. The van der Waals surface area contributed by atoms with Gasteiger partial charge in [0.05, 0.1) is 16.7 Å². The minimum absolute atomic E-state index is 0.226. The van der Waals surface area contributed by atoms with Crippen LogP contribution in [0.4, 0.5) is 5.69 Å². The minimum atomic E-state index is -3.68. The number of nitrogens with zero attached hydrogens (tertiary/aromatic N) is 1. The molecule has 3 rings (SSSR count). The van der Waals surface area contributed by atoms with Crippen LogP contribution in [-0.2, 0) is 10.0 Å². The molecule has 1 aliphatic carbocycles. The maximum Gasteiger partial charge on any atom is 0.261 e. The van der Waals surface area contributed by atoms with Gasteiger partial charge in [0.2, 0.25) is 0 Å². The zero-order valence-electron chi connectivity index (χ0n) is 14.8. The molecule has 0 heterocycles. The average molecular weight is 366 g/mol. The highest BCUT2D eigenvalue weighted by atomic mass is 32.2. The number of anilines is 1. The van der Waals surface area contributed by atoms with Gasteiger partial charge in [0.1, 0.15) is 0 Å². The van der Waals surface area contributed by atoms with E-state index in [0.717, 1.165) is 42.4 Å². The number of sulfonamides is 1. The van der Waals surface area contributed by atoms with Gasteiger partial charge in [-0.3, -0.25) is 4.72 Å². The fourth-order valence-corrected chi connectivity index (χ4v) is 4.55. The first kappa shape index (κ1) is 18.2. The summed E-state index contributed by atoms with van der Waals surface area (Å²) in [6.07, 6.45) is 5.92. The third-order valence-electron chi connectivity index (χ3n) is 4.83. The molecule has 0 spiro atoms. The fourth-order valence-electron chi connectivity index (χ4n) is 3.47. The molecule has 134 valence electrons. The van der Waals surface area contributed by atoms with E-state index >= 15 is 0 Å². The second-order valence-corrected chi connectivity index (χ2v) is 8.36. The van der Waals surface area contributed by atoms with Crippen molar-refractivity contribution in [2.45, 2.75) is 37.5 Å². The summed E-state index contributed by atoms with van der Waals surface area (Å²) in [6.45, 7) is 1.92. The lowest BCUT2D eigenvalue weighted by molar-refractivity contribution is 0.601. The lowest BCUT2D eigenvalue weighted by atomic mass is 9.90. The van der Waals surface area contributed by atoms with Crippen molar-refractivity contribution in [2.75, 3.05) is 4.72 Å². The molecule has 0 amide bonds. The maximum atomic E-state index is 12.8. The predicted octanol–water partition coefficient (Wildman–Crippen LogP) is 4.89. The number of hydrogen-bond acceptors (Lipinski definition) is 3. The van der Waals surface area contributed by atoms with Crippen molar-refractivity contribution in [1.29, 1.82) is 5.26 Å². The van der Waals surface area contributed by atoms with Crippen LogP contribution < -0.4 is 4.72 Å². The number of allylic oxidation sites excluding steroid dienone is 2. The highest BCUT2D eigenvalue weighted by Gasteiger charge is 2.24. The third-order valence-corrected chi connectivity index (χ3v) is 6.21. The van der Waals surface area contributed by atoms with Crippen LogP contribution in [0.3, 0.4) is 0 Å². The van der Waals surface area contributed by atoms with Gasteiger partial charge in [-0.1, -0.05) is 48.7 Å². The molecule has 1 aliphatic rings. The highest BCUT2D eigenvalue weighted by Crippen LogP contribution is 2.39. The van der Waals surface area contributed by atoms with Gasteiger partial charge in [-0.15, -0.1) is 0 Å². The molecule has 0 saturated heterocycles. The number of nitrogens with one attached hydrogen (secondary N) is 1. The summed E-state index contributed by atoms with van der Waals surface area (Å²) in [6, 6.07) is 16.2. The maximum absolute atomic E-state index is 12.8. The van der Waals surface area contributed by atoms with Gasteiger partial charge in [-0.2, -0.15) is 5.26 Å². The first-order valence-corrected chi connectivity index (χ1v) is 10.3. The molecule has 1 N–H and O–H groups in total. The average Bonchev–Trinajstić information content (AvgIpc) is 3.15. The quantitative estimate of drug-likeness (QED) is 0.766. The lowest BCUT2D eigenvalue weighted by Crippen LogP contribution is -2.14.